The fourth-order valence-corrected chi connectivity index (χ4v) is 1.04. The predicted octanol–water partition coefficient (Wildman–Crippen LogP) is 0.565. The summed E-state index contributed by atoms with van der Waals surface area (Å²) in [5.41, 5.74) is 6.31. The van der Waals surface area contributed by atoms with Crippen LogP contribution >= 0.6 is 0 Å². The molecule has 1 aromatic rings. The first-order valence-electron chi connectivity index (χ1n) is 4.11. The van der Waals surface area contributed by atoms with Crippen LogP contribution in [0.15, 0.2) is 18.3 Å². The normalized spacial score (nSPS) is 12.1. The second kappa shape index (κ2) is 4.57. The van der Waals surface area contributed by atoms with Gasteiger partial charge in [0.1, 0.15) is 0 Å². The Labute approximate surface area is 81.5 Å². The van der Waals surface area contributed by atoms with Gasteiger partial charge in [0.25, 0.3) is 0 Å². The fraction of sp³-hybridized carbons (Fsp3) is 0.333. The van der Waals surface area contributed by atoms with E-state index in [1.807, 2.05) is 0 Å². The summed E-state index contributed by atoms with van der Waals surface area (Å²) in [4.78, 5) is 14.3. The molecule has 0 saturated heterocycles. The minimum Gasteiger partial charge on any atom is -0.481 e. The highest BCUT2D eigenvalue weighted by Crippen LogP contribution is 2.15. The molecule has 1 heterocycles. The summed E-state index contributed by atoms with van der Waals surface area (Å²) in [5.74, 6) is -0.440. The molecule has 0 fully saturated rings. The maximum atomic E-state index is 10.4. The van der Waals surface area contributed by atoms with Crippen molar-refractivity contribution in [2.24, 2.45) is 5.73 Å². The lowest BCUT2D eigenvalue weighted by Crippen LogP contribution is -2.15. The molecule has 0 bridgehead atoms. The van der Waals surface area contributed by atoms with Gasteiger partial charge in [0.2, 0.25) is 5.88 Å². The molecule has 0 aliphatic carbocycles. The molecule has 0 aromatic carbocycles. The van der Waals surface area contributed by atoms with E-state index in [1.165, 1.54) is 13.3 Å². The zero-order chi connectivity index (χ0) is 10.6. The van der Waals surface area contributed by atoms with E-state index >= 15 is 0 Å². The SMILES string of the molecule is COc1ccc([C@@H](N)CC(=O)O)cn1. The lowest BCUT2D eigenvalue weighted by Gasteiger charge is -2.08. The summed E-state index contributed by atoms with van der Waals surface area (Å²) in [6, 6.07) is 2.84. The van der Waals surface area contributed by atoms with Gasteiger partial charge in [0.15, 0.2) is 0 Å². The number of methoxy groups -OCH3 is 1. The molecule has 0 saturated carbocycles. The standard InChI is InChI=1S/C9H12N2O3/c1-14-8-3-2-6(5-11-8)7(10)4-9(12)13/h2-3,5,7H,4,10H2,1H3,(H,12,13)/t7-/m0/s1. The summed E-state index contributed by atoms with van der Waals surface area (Å²) < 4.78 is 4.86. The highest BCUT2D eigenvalue weighted by molar-refractivity contribution is 5.67. The zero-order valence-electron chi connectivity index (χ0n) is 7.80. The molecule has 0 aliphatic rings. The maximum absolute atomic E-state index is 10.4. The minimum atomic E-state index is -0.923. The van der Waals surface area contributed by atoms with Crippen molar-refractivity contribution in [3.05, 3.63) is 23.9 Å². The van der Waals surface area contributed by atoms with Gasteiger partial charge >= 0.3 is 5.97 Å². The largest absolute Gasteiger partial charge is 0.481 e. The van der Waals surface area contributed by atoms with Crippen LogP contribution in [0.3, 0.4) is 0 Å². The van der Waals surface area contributed by atoms with E-state index in [0.29, 0.717) is 11.4 Å². The topological polar surface area (TPSA) is 85.4 Å². The Hall–Kier alpha value is -1.62. The van der Waals surface area contributed by atoms with Gasteiger partial charge in [-0.1, -0.05) is 6.07 Å². The van der Waals surface area contributed by atoms with E-state index in [9.17, 15) is 4.79 Å². The molecule has 3 N–H and O–H groups in total. The maximum Gasteiger partial charge on any atom is 0.305 e. The third kappa shape index (κ3) is 2.70. The Bertz CT molecular complexity index is 310. The molecular formula is C9H12N2O3. The highest BCUT2D eigenvalue weighted by Gasteiger charge is 2.10. The van der Waals surface area contributed by atoms with Crippen molar-refractivity contribution in [1.29, 1.82) is 0 Å². The molecule has 1 atom stereocenters. The number of pyridine rings is 1. The number of rotatable bonds is 4. The van der Waals surface area contributed by atoms with Crippen molar-refractivity contribution < 1.29 is 14.6 Å². The number of aromatic nitrogens is 1. The Kier molecular flexibility index (Phi) is 3.41. The third-order valence-corrected chi connectivity index (χ3v) is 1.79. The van der Waals surface area contributed by atoms with E-state index in [4.69, 9.17) is 15.6 Å². The minimum absolute atomic E-state index is 0.103. The summed E-state index contributed by atoms with van der Waals surface area (Å²) in [5, 5.41) is 8.52. The quantitative estimate of drug-likeness (QED) is 0.735. The molecule has 0 amide bonds. The Morgan fingerprint density at radius 3 is 2.86 bits per heavy atom. The third-order valence-electron chi connectivity index (χ3n) is 1.79. The van der Waals surface area contributed by atoms with E-state index in [2.05, 4.69) is 4.98 Å². The number of ether oxygens (including phenoxy) is 1. The Morgan fingerprint density at radius 1 is 1.71 bits per heavy atom. The van der Waals surface area contributed by atoms with Crippen LogP contribution in [0.1, 0.15) is 18.0 Å². The molecule has 5 nitrogen and oxygen atoms in total. The molecule has 0 spiro atoms. The molecule has 0 unspecified atom stereocenters. The van der Waals surface area contributed by atoms with Gasteiger partial charge in [-0.3, -0.25) is 4.79 Å². The van der Waals surface area contributed by atoms with Crippen LogP contribution in [0.5, 0.6) is 5.88 Å². The second-order valence-corrected chi connectivity index (χ2v) is 2.84. The van der Waals surface area contributed by atoms with Crippen LogP contribution in [-0.4, -0.2) is 23.2 Å². The monoisotopic (exact) mass is 196 g/mol. The smallest absolute Gasteiger partial charge is 0.305 e. The van der Waals surface area contributed by atoms with Crippen molar-refractivity contribution in [2.45, 2.75) is 12.5 Å². The average molecular weight is 196 g/mol. The molecule has 0 radical (unpaired) electrons. The van der Waals surface area contributed by atoms with Crippen molar-refractivity contribution in [3.8, 4) is 5.88 Å². The van der Waals surface area contributed by atoms with Crippen molar-refractivity contribution >= 4 is 5.97 Å². The second-order valence-electron chi connectivity index (χ2n) is 2.84. The molecule has 0 aliphatic heterocycles. The Morgan fingerprint density at radius 2 is 2.43 bits per heavy atom. The number of carbonyl (C=O) groups is 1. The lowest BCUT2D eigenvalue weighted by atomic mass is 10.1. The van der Waals surface area contributed by atoms with E-state index in [-0.39, 0.29) is 6.42 Å². The van der Waals surface area contributed by atoms with Crippen LogP contribution < -0.4 is 10.5 Å². The molecule has 5 heteroatoms. The van der Waals surface area contributed by atoms with Crippen LogP contribution in [0.2, 0.25) is 0 Å². The van der Waals surface area contributed by atoms with Crippen LogP contribution in [-0.2, 0) is 4.79 Å². The van der Waals surface area contributed by atoms with Crippen LogP contribution in [0.25, 0.3) is 0 Å². The summed E-state index contributed by atoms with van der Waals surface area (Å²) in [6.45, 7) is 0. The number of hydrogen-bond acceptors (Lipinski definition) is 4. The number of aliphatic carboxylic acids is 1. The average Bonchev–Trinajstić information content (AvgIpc) is 2.17. The van der Waals surface area contributed by atoms with Gasteiger partial charge in [-0.15, -0.1) is 0 Å². The van der Waals surface area contributed by atoms with Gasteiger partial charge in [-0.25, -0.2) is 4.98 Å². The van der Waals surface area contributed by atoms with Gasteiger partial charge in [-0.2, -0.15) is 0 Å². The van der Waals surface area contributed by atoms with Crippen molar-refractivity contribution in [1.82, 2.24) is 4.98 Å². The van der Waals surface area contributed by atoms with Gasteiger partial charge in [-0.05, 0) is 5.56 Å². The molecular weight excluding hydrogens is 184 g/mol. The van der Waals surface area contributed by atoms with Crippen LogP contribution in [0.4, 0.5) is 0 Å². The van der Waals surface area contributed by atoms with E-state index in [0.717, 1.165) is 0 Å². The van der Waals surface area contributed by atoms with E-state index < -0.39 is 12.0 Å². The summed E-state index contributed by atoms with van der Waals surface area (Å²) in [6.07, 6.45) is 1.42. The van der Waals surface area contributed by atoms with Crippen molar-refractivity contribution in [2.75, 3.05) is 7.11 Å². The highest BCUT2D eigenvalue weighted by atomic mass is 16.5. The summed E-state index contributed by atoms with van der Waals surface area (Å²) >= 11 is 0. The van der Waals surface area contributed by atoms with Gasteiger partial charge < -0.3 is 15.6 Å². The number of nitrogens with zero attached hydrogens (tertiary/aromatic N) is 1. The zero-order valence-corrected chi connectivity index (χ0v) is 7.80. The number of carboxylic acids is 1. The number of hydrogen-bond donors (Lipinski definition) is 2. The molecule has 1 aromatic heterocycles. The molecule has 14 heavy (non-hydrogen) atoms. The van der Waals surface area contributed by atoms with Gasteiger partial charge in [0.05, 0.1) is 13.5 Å². The van der Waals surface area contributed by atoms with Crippen LogP contribution in [0, 0.1) is 0 Å². The fourth-order valence-electron chi connectivity index (χ4n) is 1.04. The van der Waals surface area contributed by atoms with E-state index in [1.54, 1.807) is 12.1 Å². The van der Waals surface area contributed by atoms with Crippen molar-refractivity contribution in [3.63, 3.8) is 0 Å². The molecule has 1 rings (SSSR count). The summed E-state index contributed by atoms with van der Waals surface area (Å²) in [7, 11) is 1.51. The number of carboxylic acid groups (broad SMARTS) is 1. The first-order chi connectivity index (χ1) is 6.63. The van der Waals surface area contributed by atoms with Gasteiger partial charge in [0, 0.05) is 18.3 Å². The Balaban J connectivity index is 2.71. The first kappa shape index (κ1) is 10.5. The first-order valence-corrected chi connectivity index (χ1v) is 4.11. The lowest BCUT2D eigenvalue weighted by molar-refractivity contribution is -0.137. The molecule has 76 valence electrons. The number of nitrogens with two attached hydrogens (primary N) is 1. The predicted molar refractivity (Wildman–Crippen MR) is 50.0 cm³/mol.